The van der Waals surface area contributed by atoms with Gasteiger partial charge in [0.25, 0.3) is 5.91 Å². The number of hydrogen-bond donors (Lipinski definition) is 4. The summed E-state index contributed by atoms with van der Waals surface area (Å²) in [5.74, 6) is -1.06. The standard InChI is InChI=1S/C10H16N4O3/c11-10(17)14-9(16)2-1-8(15)13-7-3-5-12-6-4-7/h1-2,7,12H,3-6H2,(H,13,15)(H3,11,14,16,17)/b2-1-. The average Bonchev–Trinajstić information content (AvgIpc) is 2.27. The normalized spacial score (nSPS) is 16.7. The highest BCUT2D eigenvalue weighted by Crippen LogP contribution is 2.01. The van der Waals surface area contributed by atoms with Crippen molar-refractivity contribution in [3.63, 3.8) is 0 Å². The molecule has 0 aromatic rings. The van der Waals surface area contributed by atoms with E-state index in [1.165, 1.54) is 0 Å². The number of carbonyl (C=O) groups excluding carboxylic acids is 3. The fourth-order valence-corrected chi connectivity index (χ4v) is 1.53. The lowest BCUT2D eigenvalue weighted by molar-refractivity contribution is -0.118. The highest BCUT2D eigenvalue weighted by Gasteiger charge is 2.13. The molecule has 0 radical (unpaired) electrons. The van der Waals surface area contributed by atoms with Crippen LogP contribution in [-0.4, -0.2) is 37.0 Å². The molecule has 94 valence electrons. The fourth-order valence-electron chi connectivity index (χ4n) is 1.53. The minimum atomic E-state index is -0.946. The van der Waals surface area contributed by atoms with Crippen LogP contribution < -0.4 is 21.7 Å². The number of urea groups is 1. The van der Waals surface area contributed by atoms with E-state index in [9.17, 15) is 14.4 Å². The van der Waals surface area contributed by atoms with E-state index in [0.29, 0.717) is 0 Å². The van der Waals surface area contributed by atoms with E-state index in [1.54, 1.807) is 0 Å². The molecule has 1 aliphatic rings. The molecule has 0 atom stereocenters. The molecule has 7 nitrogen and oxygen atoms in total. The Kier molecular flexibility index (Phi) is 5.15. The molecule has 7 heteroatoms. The van der Waals surface area contributed by atoms with Crippen LogP contribution in [-0.2, 0) is 9.59 Å². The monoisotopic (exact) mass is 240 g/mol. The van der Waals surface area contributed by atoms with Crippen LogP contribution >= 0.6 is 0 Å². The molecule has 17 heavy (non-hydrogen) atoms. The van der Waals surface area contributed by atoms with Crippen molar-refractivity contribution in [1.82, 2.24) is 16.0 Å². The van der Waals surface area contributed by atoms with E-state index in [0.717, 1.165) is 38.1 Å². The Morgan fingerprint density at radius 2 is 1.71 bits per heavy atom. The van der Waals surface area contributed by atoms with Crippen molar-refractivity contribution in [3.05, 3.63) is 12.2 Å². The van der Waals surface area contributed by atoms with Crippen LogP contribution in [0.25, 0.3) is 0 Å². The van der Waals surface area contributed by atoms with E-state index in [-0.39, 0.29) is 11.9 Å². The molecular weight excluding hydrogens is 224 g/mol. The summed E-state index contributed by atoms with van der Waals surface area (Å²) in [6.45, 7) is 1.74. The number of hydrogen-bond acceptors (Lipinski definition) is 4. The number of rotatable bonds is 3. The Bertz CT molecular complexity index is 334. The topological polar surface area (TPSA) is 113 Å². The van der Waals surface area contributed by atoms with Gasteiger partial charge in [-0.2, -0.15) is 0 Å². The highest BCUT2D eigenvalue weighted by molar-refractivity contribution is 6.03. The molecule has 1 aliphatic heterocycles. The third-order valence-electron chi connectivity index (χ3n) is 2.32. The molecule has 5 N–H and O–H groups in total. The van der Waals surface area contributed by atoms with Gasteiger partial charge in [-0.3, -0.25) is 14.9 Å². The number of nitrogens with one attached hydrogen (secondary N) is 3. The third kappa shape index (κ3) is 5.67. The van der Waals surface area contributed by atoms with E-state index in [1.807, 2.05) is 5.32 Å². The summed E-state index contributed by atoms with van der Waals surface area (Å²) >= 11 is 0. The lowest BCUT2D eigenvalue weighted by Crippen LogP contribution is -2.42. The zero-order chi connectivity index (χ0) is 12.7. The van der Waals surface area contributed by atoms with E-state index < -0.39 is 11.9 Å². The number of primary amides is 1. The van der Waals surface area contributed by atoms with Crippen LogP contribution in [0, 0.1) is 0 Å². The van der Waals surface area contributed by atoms with Crippen molar-refractivity contribution in [1.29, 1.82) is 0 Å². The summed E-state index contributed by atoms with van der Waals surface area (Å²) in [5.41, 5.74) is 4.74. The smallest absolute Gasteiger partial charge is 0.319 e. The summed E-state index contributed by atoms with van der Waals surface area (Å²) in [5, 5.41) is 7.77. The average molecular weight is 240 g/mol. The van der Waals surface area contributed by atoms with Gasteiger partial charge in [-0.1, -0.05) is 0 Å². The van der Waals surface area contributed by atoms with Gasteiger partial charge < -0.3 is 16.4 Å². The maximum absolute atomic E-state index is 11.4. The molecule has 1 heterocycles. The Labute approximate surface area is 98.8 Å². The van der Waals surface area contributed by atoms with Gasteiger partial charge in [-0.15, -0.1) is 0 Å². The molecule has 0 aromatic carbocycles. The van der Waals surface area contributed by atoms with E-state index in [4.69, 9.17) is 5.73 Å². The van der Waals surface area contributed by atoms with Crippen LogP contribution in [0.1, 0.15) is 12.8 Å². The maximum atomic E-state index is 11.4. The fraction of sp³-hybridized carbons (Fsp3) is 0.500. The molecule has 1 fully saturated rings. The summed E-state index contributed by atoms with van der Waals surface area (Å²) in [7, 11) is 0. The SMILES string of the molecule is NC(=O)NC(=O)/C=C\C(=O)NC1CCNCC1. The lowest BCUT2D eigenvalue weighted by Gasteiger charge is -2.22. The second kappa shape index (κ2) is 6.64. The quantitative estimate of drug-likeness (QED) is 0.454. The van der Waals surface area contributed by atoms with Crippen molar-refractivity contribution in [2.75, 3.05) is 13.1 Å². The Morgan fingerprint density at radius 1 is 1.12 bits per heavy atom. The molecular formula is C10H16N4O3. The van der Waals surface area contributed by atoms with Crippen LogP contribution in [0.4, 0.5) is 4.79 Å². The van der Waals surface area contributed by atoms with Gasteiger partial charge in [-0.05, 0) is 25.9 Å². The number of carbonyl (C=O) groups is 3. The van der Waals surface area contributed by atoms with Crippen molar-refractivity contribution in [2.24, 2.45) is 5.73 Å². The third-order valence-corrected chi connectivity index (χ3v) is 2.32. The Balaban J connectivity index is 2.30. The van der Waals surface area contributed by atoms with Gasteiger partial charge in [0.05, 0.1) is 0 Å². The van der Waals surface area contributed by atoms with Crippen LogP contribution in [0.5, 0.6) is 0 Å². The molecule has 4 amide bonds. The predicted octanol–water partition coefficient (Wildman–Crippen LogP) is -1.39. The molecule has 0 aromatic heterocycles. The number of imide groups is 1. The van der Waals surface area contributed by atoms with Crippen molar-refractivity contribution < 1.29 is 14.4 Å². The first kappa shape index (κ1) is 13.2. The van der Waals surface area contributed by atoms with E-state index in [2.05, 4.69) is 10.6 Å². The van der Waals surface area contributed by atoms with Gasteiger partial charge in [-0.25, -0.2) is 4.79 Å². The predicted molar refractivity (Wildman–Crippen MR) is 60.9 cm³/mol. The first-order valence-electron chi connectivity index (χ1n) is 5.37. The largest absolute Gasteiger partial charge is 0.351 e. The number of amides is 4. The zero-order valence-corrected chi connectivity index (χ0v) is 9.36. The second-order valence-corrected chi connectivity index (χ2v) is 3.72. The molecule has 0 bridgehead atoms. The van der Waals surface area contributed by atoms with Crippen LogP contribution in [0.2, 0.25) is 0 Å². The first-order valence-corrected chi connectivity index (χ1v) is 5.37. The van der Waals surface area contributed by atoms with E-state index >= 15 is 0 Å². The zero-order valence-electron chi connectivity index (χ0n) is 9.36. The van der Waals surface area contributed by atoms with Gasteiger partial charge in [0, 0.05) is 18.2 Å². The maximum Gasteiger partial charge on any atom is 0.319 e. The van der Waals surface area contributed by atoms with Crippen molar-refractivity contribution in [3.8, 4) is 0 Å². The first-order chi connectivity index (χ1) is 8.08. The summed E-state index contributed by atoms with van der Waals surface area (Å²) in [4.78, 5) is 32.7. The minimum absolute atomic E-state index is 0.132. The van der Waals surface area contributed by atoms with Gasteiger partial charge in [0.15, 0.2) is 0 Å². The van der Waals surface area contributed by atoms with Gasteiger partial charge in [0.2, 0.25) is 5.91 Å². The molecule has 0 saturated carbocycles. The van der Waals surface area contributed by atoms with Gasteiger partial charge >= 0.3 is 6.03 Å². The van der Waals surface area contributed by atoms with Crippen molar-refractivity contribution >= 4 is 17.8 Å². The molecule has 1 saturated heterocycles. The Hall–Kier alpha value is -1.89. The summed E-state index contributed by atoms with van der Waals surface area (Å²) < 4.78 is 0. The highest BCUT2D eigenvalue weighted by atomic mass is 16.2. The molecule has 0 spiro atoms. The lowest BCUT2D eigenvalue weighted by atomic mass is 10.1. The second-order valence-electron chi connectivity index (χ2n) is 3.72. The minimum Gasteiger partial charge on any atom is -0.351 e. The van der Waals surface area contributed by atoms with Crippen molar-refractivity contribution in [2.45, 2.75) is 18.9 Å². The molecule has 0 aliphatic carbocycles. The number of piperidine rings is 1. The summed E-state index contributed by atoms with van der Waals surface area (Å²) in [6, 6.07) is -0.814. The van der Waals surface area contributed by atoms with Crippen LogP contribution in [0.3, 0.4) is 0 Å². The van der Waals surface area contributed by atoms with Crippen LogP contribution in [0.15, 0.2) is 12.2 Å². The molecule has 0 unspecified atom stereocenters. The van der Waals surface area contributed by atoms with Gasteiger partial charge in [0.1, 0.15) is 0 Å². The Morgan fingerprint density at radius 3 is 2.29 bits per heavy atom. The molecule has 1 rings (SSSR count). The summed E-state index contributed by atoms with van der Waals surface area (Å²) in [6.07, 6.45) is 3.79. The number of nitrogens with two attached hydrogens (primary N) is 1.